The summed E-state index contributed by atoms with van der Waals surface area (Å²) in [4.78, 5) is 1.32. The second kappa shape index (κ2) is 7.11. The molecule has 0 spiro atoms. The summed E-state index contributed by atoms with van der Waals surface area (Å²) in [7, 11) is -3.64. The summed E-state index contributed by atoms with van der Waals surface area (Å²) in [6.07, 6.45) is 0.763. The molecular formula is C15H15ClFNO2S3. The van der Waals surface area contributed by atoms with Gasteiger partial charge < -0.3 is 0 Å². The molecule has 2 heterocycles. The van der Waals surface area contributed by atoms with Gasteiger partial charge >= 0.3 is 0 Å². The van der Waals surface area contributed by atoms with Crippen molar-refractivity contribution in [1.82, 2.24) is 4.31 Å². The second-order valence-electron chi connectivity index (χ2n) is 5.14. The van der Waals surface area contributed by atoms with Crippen LogP contribution in [0.3, 0.4) is 0 Å². The van der Waals surface area contributed by atoms with E-state index in [-0.39, 0.29) is 9.92 Å². The van der Waals surface area contributed by atoms with Crippen LogP contribution >= 0.6 is 34.7 Å². The maximum atomic E-state index is 13.3. The number of benzene rings is 1. The molecular weight excluding hydrogens is 377 g/mol. The van der Waals surface area contributed by atoms with E-state index in [1.807, 2.05) is 11.4 Å². The largest absolute Gasteiger partial charge is 0.243 e. The first-order valence-electron chi connectivity index (χ1n) is 7.08. The monoisotopic (exact) mass is 391 g/mol. The molecule has 3 nitrogen and oxygen atoms in total. The molecule has 3 rings (SSSR count). The van der Waals surface area contributed by atoms with Crippen molar-refractivity contribution in [2.75, 3.05) is 18.8 Å². The summed E-state index contributed by atoms with van der Waals surface area (Å²) in [5.74, 6) is 0.117. The Kier molecular flexibility index (Phi) is 5.32. The van der Waals surface area contributed by atoms with E-state index in [2.05, 4.69) is 6.07 Å². The number of sulfonamides is 1. The van der Waals surface area contributed by atoms with Crippen molar-refractivity contribution < 1.29 is 12.8 Å². The molecule has 1 aromatic heterocycles. The first kappa shape index (κ1) is 17.2. The van der Waals surface area contributed by atoms with Gasteiger partial charge in [-0.1, -0.05) is 17.7 Å². The van der Waals surface area contributed by atoms with Gasteiger partial charge in [0.1, 0.15) is 5.82 Å². The maximum Gasteiger partial charge on any atom is 0.243 e. The van der Waals surface area contributed by atoms with Crippen molar-refractivity contribution >= 4 is 44.7 Å². The third-order valence-corrected chi connectivity index (χ3v) is 8.32. The van der Waals surface area contributed by atoms with Gasteiger partial charge in [-0.15, -0.1) is 11.3 Å². The van der Waals surface area contributed by atoms with E-state index in [0.29, 0.717) is 18.3 Å². The van der Waals surface area contributed by atoms with Crippen molar-refractivity contribution in [3.8, 4) is 0 Å². The average Bonchev–Trinajstić information content (AvgIpc) is 2.94. The average molecular weight is 392 g/mol. The summed E-state index contributed by atoms with van der Waals surface area (Å²) in [5.41, 5.74) is 0. The van der Waals surface area contributed by atoms with Crippen LogP contribution in [0.1, 0.15) is 16.5 Å². The highest BCUT2D eigenvalue weighted by atomic mass is 35.5. The Morgan fingerprint density at radius 3 is 2.78 bits per heavy atom. The minimum absolute atomic E-state index is 0.0449. The smallest absolute Gasteiger partial charge is 0.207 e. The quantitative estimate of drug-likeness (QED) is 0.777. The van der Waals surface area contributed by atoms with E-state index in [1.165, 1.54) is 21.3 Å². The van der Waals surface area contributed by atoms with Crippen LogP contribution in [0.5, 0.6) is 0 Å². The first-order valence-corrected chi connectivity index (χ1v) is 10.8. The zero-order valence-corrected chi connectivity index (χ0v) is 15.3. The van der Waals surface area contributed by atoms with Gasteiger partial charge in [-0.3, -0.25) is 0 Å². The molecule has 0 N–H and O–H groups in total. The number of rotatable bonds is 3. The first-order chi connectivity index (χ1) is 11.0. The maximum absolute atomic E-state index is 13.3. The number of halogens is 2. The van der Waals surface area contributed by atoms with E-state index < -0.39 is 15.8 Å². The van der Waals surface area contributed by atoms with Crippen molar-refractivity contribution in [1.29, 1.82) is 0 Å². The van der Waals surface area contributed by atoms with Gasteiger partial charge in [-0.2, -0.15) is 16.1 Å². The van der Waals surface area contributed by atoms with E-state index >= 15 is 0 Å². The summed E-state index contributed by atoms with van der Waals surface area (Å²) < 4.78 is 40.2. The van der Waals surface area contributed by atoms with Crippen LogP contribution in [0.4, 0.5) is 4.39 Å². The Bertz CT molecular complexity index is 780. The third-order valence-electron chi connectivity index (χ3n) is 3.69. The fourth-order valence-electron chi connectivity index (χ4n) is 2.48. The number of hydrogen-bond donors (Lipinski definition) is 0. The summed E-state index contributed by atoms with van der Waals surface area (Å²) in [5, 5.41) is 2.19. The minimum Gasteiger partial charge on any atom is -0.207 e. The fourth-order valence-corrected chi connectivity index (χ4v) is 6.56. The molecule has 2 aromatic rings. The number of nitrogens with zero attached hydrogens (tertiary/aromatic N) is 1. The number of hydrogen-bond acceptors (Lipinski definition) is 4. The second-order valence-corrected chi connectivity index (χ2v) is 9.78. The predicted molar refractivity (Wildman–Crippen MR) is 94.3 cm³/mol. The number of thioether (sulfide) groups is 1. The van der Waals surface area contributed by atoms with Crippen LogP contribution in [0, 0.1) is 5.82 Å². The Labute approximate surface area is 148 Å². The fraction of sp³-hybridized carbons (Fsp3) is 0.333. The highest BCUT2D eigenvalue weighted by Gasteiger charge is 2.29. The molecule has 0 amide bonds. The van der Waals surface area contributed by atoms with Gasteiger partial charge in [0.05, 0.1) is 9.92 Å². The van der Waals surface area contributed by atoms with Crippen LogP contribution in [-0.4, -0.2) is 31.6 Å². The van der Waals surface area contributed by atoms with E-state index in [9.17, 15) is 12.8 Å². The lowest BCUT2D eigenvalue weighted by molar-refractivity contribution is 0.428. The van der Waals surface area contributed by atoms with Crippen LogP contribution in [0.2, 0.25) is 5.02 Å². The van der Waals surface area contributed by atoms with E-state index in [0.717, 1.165) is 18.2 Å². The lowest BCUT2D eigenvalue weighted by Gasteiger charge is -2.20. The van der Waals surface area contributed by atoms with Gasteiger partial charge in [0.15, 0.2) is 0 Å². The minimum atomic E-state index is -3.64. The standard InChI is InChI=1S/C15H15ClFNO2S3/c16-12-10-11(3-4-13(12)17)23(19,20)18-6-5-15(22-9-7-18)14-2-1-8-21-14/h1-4,8,10,15H,5-7,9H2/t15-/m1/s1. The third kappa shape index (κ3) is 3.74. The van der Waals surface area contributed by atoms with Gasteiger partial charge in [-0.05, 0) is 36.1 Å². The zero-order valence-electron chi connectivity index (χ0n) is 12.1. The summed E-state index contributed by atoms with van der Waals surface area (Å²) >= 11 is 9.20. The number of thiophene rings is 1. The van der Waals surface area contributed by atoms with Gasteiger partial charge in [-0.25, -0.2) is 12.8 Å². The molecule has 1 atom stereocenters. The Hall–Kier alpha value is -0.600. The van der Waals surface area contributed by atoms with Crippen LogP contribution in [0.25, 0.3) is 0 Å². The van der Waals surface area contributed by atoms with Gasteiger partial charge in [0, 0.05) is 29.0 Å². The molecule has 124 valence electrons. The van der Waals surface area contributed by atoms with Crippen molar-refractivity contribution in [2.24, 2.45) is 0 Å². The van der Waals surface area contributed by atoms with Gasteiger partial charge in [0.25, 0.3) is 0 Å². The topological polar surface area (TPSA) is 37.4 Å². The van der Waals surface area contributed by atoms with Crippen LogP contribution in [0.15, 0.2) is 40.6 Å². The normalized spacial score (nSPS) is 20.3. The predicted octanol–water partition coefficient (Wildman–Crippen LogP) is 4.41. The molecule has 1 saturated heterocycles. The molecule has 0 unspecified atom stereocenters. The highest BCUT2D eigenvalue weighted by Crippen LogP contribution is 2.37. The Morgan fingerprint density at radius 1 is 1.26 bits per heavy atom. The molecule has 8 heteroatoms. The van der Waals surface area contributed by atoms with E-state index in [4.69, 9.17) is 11.6 Å². The van der Waals surface area contributed by atoms with Crippen LogP contribution in [-0.2, 0) is 10.0 Å². The molecule has 1 aliphatic heterocycles. The SMILES string of the molecule is O=S(=O)(c1ccc(F)c(Cl)c1)N1CCS[C@@H](c2cccs2)CC1. The lowest BCUT2D eigenvalue weighted by atomic mass is 10.2. The van der Waals surface area contributed by atoms with Crippen molar-refractivity contribution in [3.63, 3.8) is 0 Å². The summed E-state index contributed by atoms with van der Waals surface area (Å²) in [6.45, 7) is 0.900. The highest BCUT2D eigenvalue weighted by molar-refractivity contribution is 7.99. The van der Waals surface area contributed by atoms with E-state index in [1.54, 1.807) is 23.1 Å². The molecule has 0 radical (unpaired) electrons. The molecule has 1 aromatic carbocycles. The molecule has 0 saturated carbocycles. The zero-order chi connectivity index (χ0) is 16.4. The Morgan fingerprint density at radius 2 is 2.09 bits per heavy atom. The molecule has 0 bridgehead atoms. The van der Waals surface area contributed by atoms with Gasteiger partial charge in [0.2, 0.25) is 10.0 Å². The molecule has 0 aliphatic carbocycles. The molecule has 23 heavy (non-hydrogen) atoms. The van der Waals surface area contributed by atoms with Crippen molar-refractivity contribution in [2.45, 2.75) is 16.6 Å². The molecule has 1 aliphatic rings. The lowest BCUT2D eigenvalue weighted by Crippen LogP contribution is -2.33. The molecule has 1 fully saturated rings. The summed E-state index contributed by atoms with van der Waals surface area (Å²) in [6, 6.07) is 7.65. The Balaban J connectivity index is 1.79. The van der Waals surface area contributed by atoms with Crippen molar-refractivity contribution in [3.05, 3.63) is 51.4 Å². The van der Waals surface area contributed by atoms with Crippen LogP contribution < -0.4 is 0 Å².